The van der Waals surface area contributed by atoms with E-state index in [0.717, 1.165) is 17.6 Å². The average molecular weight is 363 g/mol. The summed E-state index contributed by atoms with van der Waals surface area (Å²) in [5, 5.41) is 8.61. The molecule has 7 heteroatoms. The Bertz CT molecular complexity index is 480. The van der Waals surface area contributed by atoms with Crippen molar-refractivity contribution in [2.45, 2.75) is 0 Å². The molecule has 110 valence electrons. The van der Waals surface area contributed by atoms with Crippen LogP contribution in [0, 0.1) is 5.92 Å². The molecule has 0 bridgehead atoms. The molecular weight excluding hydrogens is 346 g/mol. The highest BCUT2D eigenvalue weighted by Crippen LogP contribution is 2.11. The van der Waals surface area contributed by atoms with Gasteiger partial charge in [0, 0.05) is 36.2 Å². The van der Waals surface area contributed by atoms with Crippen LogP contribution < -0.4 is 16.0 Å². The monoisotopic (exact) mass is 361 g/mol. The van der Waals surface area contributed by atoms with E-state index in [1.807, 2.05) is 12.1 Å². The molecule has 1 fully saturated rings. The molecule has 1 aliphatic rings. The van der Waals surface area contributed by atoms with Crippen LogP contribution in [0.15, 0.2) is 28.7 Å². The van der Waals surface area contributed by atoms with Crippen molar-refractivity contribution in [3.8, 4) is 0 Å². The molecule has 1 heterocycles. The Hall–Kier alpha value is -1.11. The first-order valence-electron chi connectivity index (χ1n) is 6.19. The molecule has 2 rings (SSSR count). The van der Waals surface area contributed by atoms with E-state index in [0.29, 0.717) is 18.7 Å². The molecule has 1 aromatic carbocycles. The molecule has 0 spiro atoms. The van der Waals surface area contributed by atoms with Gasteiger partial charge < -0.3 is 16.0 Å². The van der Waals surface area contributed by atoms with Crippen molar-refractivity contribution in [1.82, 2.24) is 16.0 Å². The summed E-state index contributed by atoms with van der Waals surface area (Å²) in [7, 11) is 0. The van der Waals surface area contributed by atoms with Gasteiger partial charge in [-0.15, -0.1) is 12.4 Å². The fourth-order valence-electron chi connectivity index (χ4n) is 1.71. The molecule has 2 amide bonds. The van der Waals surface area contributed by atoms with Gasteiger partial charge in [0.15, 0.2) is 0 Å². The first kappa shape index (κ1) is 16.9. The van der Waals surface area contributed by atoms with E-state index in [4.69, 9.17) is 0 Å². The smallest absolute Gasteiger partial charge is 0.251 e. The van der Waals surface area contributed by atoms with E-state index in [9.17, 15) is 9.59 Å². The Morgan fingerprint density at radius 2 is 1.95 bits per heavy atom. The molecular formula is C13H17BrClN3O2. The first-order valence-corrected chi connectivity index (χ1v) is 6.98. The largest absolute Gasteiger partial charge is 0.354 e. The number of nitrogens with one attached hydrogen (secondary N) is 3. The van der Waals surface area contributed by atoms with Gasteiger partial charge in [-0.1, -0.05) is 22.0 Å². The normalized spacial score (nSPS) is 13.8. The van der Waals surface area contributed by atoms with Crippen LogP contribution in [0.1, 0.15) is 10.4 Å². The second-order valence-corrected chi connectivity index (χ2v) is 5.33. The minimum absolute atomic E-state index is 0. The Morgan fingerprint density at radius 3 is 2.55 bits per heavy atom. The zero-order chi connectivity index (χ0) is 13.7. The molecule has 20 heavy (non-hydrogen) atoms. The molecule has 0 aliphatic carbocycles. The summed E-state index contributed by atoms with van der Waals surface area (Å²) < 4.78 is 0.867. The van der Waals surface area contributed by atoms with Gasteiger partial charge in [-0.05, 0) is 18.2 Å². The number of benzene rings is 1. The Kier molecular flexibility index (Phi) is 6.98. The Morgan fingerprint density at radius 1 is 1.25 bits per heavy atom. The third kappa shape index (κ3) is 4.77. The SMILES string of the molecule is Cl.O=C(NCCNC(=O)C1CNC1)c1cccc(Br)c1. The molecule has 3 N–H and O–H groups in total. The second kappa shape index (κ2) is 8.24. The number of hydrogen-bond acceptors (Lipinski definition) is 3. The summed E-state index contributed by atoms with van der Waals surface area (Å²) in [6.45, 7) is 2.37. The number of carbonyl (C=O) groups is 2. The second-order valence-electron chi connectivity index (χ2n) is 4.41. The summed E-state index contributed by atoms with van der Waals surface area (Å²) in [5.41, 5.74) is 0.601. The van der Waals surface area contributed by atoms with E-state index >= 15 is 0 Å². The van der Waals surface area contributed by atoms with Gasteiger partial charge in [-0.3, -0.25) is 9.59 Å². The van der Waals surface area contributed by atoms with Crippen molar-refractivity contribution in [3.63, 3.8) is 0 Å². The van der Waals surface area contributed by atoms with Crippen LogP contribution in [-0.2, 0) is 4.79 Å². The van der Waals surface area contributed by atoms with Crippen molar-refractivity contribution < 1.29 is 9.59 Å². The predicted molar refractivity (Wildman–Crippen MR) is 83.1 cm³/mol. The van der Waals surface area contributed by atoms with Gasteiger partial charge in [0.05, 0.1) is 5.92 Å². The van der Waals surface area contributed by atoms with Crippen LogP contribution in [-0.4, -0.2) is 38.0 Å². The van der Waals surface area contributed by atoms with E-state index < -0.39 is 0 Å². The maximum atomic E-state index is 11.8. The quantitative estimate of drug-likeness (QED) is 0.683. The summed E-state index contributed by atoms with van der Waals surface area (Å²) in [4.78, 5) is 23.3. The van der Waals surface area contributed by atoms with E-state index in [-0.39, 0.29) is 30.1 Å². The van der Waals surface area contributed by atoms with Crippen LogP contribution in [0.25, 0.3) is 0 Å². The molecule has 0 aromatic heterocycles. The summed E-state index contributed by atoms with van der Waals surface area (Å²) in [6.07, 6.45) is 0. The third-order valence-corrected chi connectivity index (χ3v) is 3.44. The van der Waals surface area contributed by atoms with E-state index in [2.05, 4.69) is 31.9 Å². The van der Waals surface area contributed by atoms with E-state index in [1.165, 1.54) is 0 Å². The maximum absolute atomic E-state index is 11.8. The fourth-order valence-corrected chi connectivity index (χ4v) is 2.11. The van der Waals surface area contributed by atoms with Crippen molar-refractivity contribution in [1.29, 1.82) is 0 Å². The molecule has 1 aliphatic heterocycles. The number of rotatable bonds is 5. The van der Waals surface area contributed by atoms with Crippen molar-refractivity contribution in [3.05, 3.63) is 34.3 Å². The molecule has 0 saturated carbocycles. The van der Waals surface area contributed by atoms with Crippen molar-refractivity contribution >= 4 is 40.2 Å². The van der Waals surface area contributed by atoms with Gasteiger partial charge in [-0.2, -0.15) is 0 Å². The van der Waals surface area contributed by atoms with Gasteiger partial charge in [-0.25, -0.2) is 0 Å². The van der Waals surface area contributed by atoms with Gasteiger partial charge in [0.1, 0.15) is 0 Å². The van der Waals surface area contributed by atoms with Crippen LogP contribution in [0.3, 0.4) is 0 Å². The minimum Gasteiger partial charge on any atom is -0.354 e. The molecule has 1 saturated heterocycles. The highest BCUT2D eigenvalue weighted by molar-refractivity contribution is 9.10. The van der Waals surface area contributed by atoms with Crippen molar-refractivity contribution in [2.75, 3.05) is 26.2 Å². The lowest BCUT2D eigenvalue weighted by molar-refractivity contribution is -0.126. The van der Waals surface area contributed by atoms with Crippen LogP contribution in [0.4, 0.5) is 0 Å². The first-order chi connectivity index (χ1) is 9.16. The number of halogens is 2. The number of amides is 2. The number of hydrogen-bond donors (Lipinski definition) is 3. The maximum Gasteiger partial charge on any atom is 0.251 e. The highest BCUT2D eigenvalue weighted by atomic mass is 79.9. The lowest BCUT2D eigenvalue weighted by Crippen LogP contribution is -2.51. The summed E-state index contributed by atoms with van der Waals surface area (Å²) >= 11 is 3.32. The zero-order valence-corrected chi connectivity index (χ0v) is 13.2. The average Bonchev–Trinajstić information content (AvgIpc) is 2.32. The number of carbonyl (C=O) groups excluding carboxylic acids is 2. The Balaban J connectivity index is 0.00000200. The standard InChI is InChI=1S/C13H16BrN3O2.ClH/c14-11-3-1-2-9(6-11)12(18)16-4-5-17-13(19)10-7-15-8-10;/h1-3,6,10,15H,4-5,7-8H2,(H,16,18)(H,17,19);1H. The molecule has 5 nitrogen and oxygen atoms in total. The minimum atomic E-state index is -0.138. The lowest BCUT2D eigenvalue weighted by Gasteiger charge is -2.25. The topological polar surface area (TPSA) is 70.2 Å². The van der Waals surface area contributed by atoms with E-state index in [1.54, 1.807) is 12.1 Å². The molecule has 1 aromatic rings. The highest BCUT2D eigenvalue weighted by Gasteiger charge is 2.24. The van der Waals surface area contributed by atoms with Crippen LogP contribution >= 0.6 is 28.3 Å². The van der Waals surface area contributed by atoms with Crippen LogP contribution in [0.5, 0.6) is 0 Å². The van der Waals surface area contributed by atoms with Crippen LogP contribution in [0.2, 0.25) is 0 Å². The molecule has 0 atom stereocenters. The summed E-state index contributed by atoms with van der Waals surface area (Å²) in [6, 6.07) is 7.18. The predicted octanol–water partition coefficient (Wildman–Crippen LogP) is 0.936. The lowest BCUT2D eigenvalue weighted by atomic mass is 10.0. The summed E-state index contributed by atoms with van der Waals surface area (Å²) in [5.74, 6) is -0.00269. The fraction of sp³-hybridized carbons (Fsp3) is 0.385. The van der Waals surface area contributed by atoms with Gasteiger partial charge >= 0.3 is 0 Å². The molecule has 0 radical (unpaired) electrons. The van der Waals surface area contributed by atoms with Gasteiger partial charge in [0.2, 0.25) is 5.91 Å². The molecule has 0 unspecified atom stereocenters. The van der Waals surface area contributed by atoms with Gasteiger partial charge in [0.25, 0.3) is 5.91 Å². The van der Waals surface area contributed by atoms with Crippen molar-refractivity contribution in [2.24, 2.45) is 5.92 Å². The Labute approximate surface area is 132 Å². The third-order valence-electron chi connectivity index (χ3n) is 2.95. The zero-order valence-electron chi connectivity index (χ0n) is 10.8.